The molecule has 1 saturated carbocycles. The lowest BCUT2D eigenvalue weighted by Gasteiger charge is -2.22. The Morgan fingerprint density at radius 1 is 1.38 bits per heavy atom. The summed E-state index contributed by atoms with van der Waals surface area (Å²) in [5.74, 6) is -0.0442. The summed E-state index contributed by atoms with van der Waals surface area (Å²) >= 11 is 0. The van der Waals surface area contributed by atoms with Crippen molar-refractivity contribution in [1.82, 2.24) is 9.62 Å². The van der Waals surface area contributed by atoms with Gasteiger partial charge in [0, 0.05) is 12.6 Å². The number of rotatable bonds is 4. The second-order valence-electron chi connectivity index (χ2n) is 4.45. The van der Waals surface area contributed by atoms with Gasteiger partial charge in [-0.25, -0.2) is 8.42 Å². The minimum atomic E-state index is -3.23. The van der Waals surface area contributed by atoms with Crippen molar-refractivity contribution in [2.45, 2.75) is 44.7 Å². The largest absolute Gasteiger partial charge is 0.352 e. The average Bonchev–Trinajstić information content (AvgIpc) is 2.91. The van der Waals surface area contributed by atoms with Crippen molar-refractivity contribution in [3.8, 4) is 0 Å². The van der Waals surface area contributed by atoms with E-state index in [1.807, 2.05) is 0 Å². The fraction of sp³-hybridized carbons (Fsp3) is 0.900. The second kappa shape index (κ2) is 4.33. The molecule has 0 spiro atoms. The third-order valence-corrected chi connectivity index (χ3v) is 5.03. The van der Waals surface area contributed by atoms with Crippen LogP contribution in [0.1, 0.15) is 32.6 Å². The van der Waals surface area contributed by atoms with Crippen molar-refractivity contribution < 1.29 is 13.2 Å². The molecule has 1 amide bonds. The molecule has 0 aromatic heterocycles. The fourth-order valence-corrected chi connectivity index (χ4v) is 3.35. The van der Waals surface area contributed by atoms with Gasteiger partial charge in [0.2, 0.25) is 15.9 Å². The van der Waals surface area contributed by atoms with Crippen LogP contribution in [0.4, 0.5) is 0 Å². The molecule has 2 rings (SSSR count). The molecule has 1 saturated heterocycles. The summed E-state index contributed by atoms with van der Waals surface area (Å²) in [5, 5.41) is 2.88. The minimum Gasteiger partial charge on any atom is -0.352 e. The second-order valence-corrected chi connectivity index (χ2v) is 6.66. The topological polar surface area (TPSA) is 66.5 Å². The first-order chi connectivity index (χ1) is 7.54. The first kappa shape index (κ1) is 11.9. The molecule has 1 atom stereocenters. The lowest BCUT2D eigenvalue weighted by atomic mass is 10.2. The molecule has 1 N–H and O–H groups in total. The number of amides is 1. The predicted molar refractivity (Wildman–Crippen MR) is 60.4 cm³/mol. The summed E-state index contributed by atoms with van der Waals surface area (Å²) in [6.07, 6.45) is 3.48. The highest BCUT2D eigenvalue weighted by Gasteiger charge is 2.39. The predicted octanol–water partition coefficient (Wildman–Crippen LogP) is 0.0791. The lowest BCUT2D eigenvalue weighted by molar-refractivity contribution is -0.124. The van der Waals surface area contributed by atoms with E-state index in [1.165, 1.54) is 4.31 Å². The van der Waals surface area contributed by atoms with Gasteiger partial charge in [0.05, 0.1) is 5.75 Å². The van der Waals surface area contributed by atoms with Crippen molar-refractivity contribution in [1.29, 1.82) is 0 Å². The van der Waals surface area contributed by atoms with Crippen LogP contribution < -0.4 is 5.32 Å². The van der Waals surface area contributed by atoms with Gasteiger partial charge in [-0.3, -0.25) is 4.79 Å². The van der Waals surface area contributed by atoms with Gasteiger partial charge in [0.1, 0.15) is 6.04 Å². The van der Waals surface area contributed by atoms with Crippen LogP contribution in [-0.2, 0) is 14.8 Å². The van der Waals surface area contributed by atoms with E-state index in [-0.39, 0.29) is 11.7 Å². The SMILES string of the molecule is CCS(=O)(=O)N1CCCC1C(=O)NC1CC1. The number of nitrogens with one attached hydrogen (secondary N) is 1. The van der Waals surface area contributed by atoms with E-state index in [0.717, 1.165) is 19.3 Å². The maximum Gasteiger partial charge on any atom is 0.238 e. The van der Waals surface area contributed by atoms with E-state index >= 15 is 0 Å². The maximum atomic E-state index is 11.9. The van der Waals surface area contributed by atoms with Gasteiger partial charge in [-0.15, -0.1) is 0 Å². The summed E-state index contributed by atoms with van der Waals surface area (Å²) in [5.41, 5.74) is 0. The number of carbonyl (C=O) groups is 1. The van der Waals surface area contributed by atoms with E-state index in [1.54, 1.807) is 6.92 Å². The number of carbonyl (C=O) groups excluding carboxylic acids is 1. The summed E-state index contributed by atoms with van der Waals surface area (Å²) in [7, 11) is -3.23. The summed E-state index contributed by atoms with van der Waals surface area (Å²) in [6.45, 7) is 2.10. The summed E-state index contributed by atoms with van der Waals surface area (Å²) < 4.78 is 24.9. The number of nitrogens with zero attached hydrogens (tertiary/aromatic N) is 1. The summed E-state index contributed by atoms with van der Waals surface area (Å²) in [6, 6.07) is -0.176. The van der Waals surface area contributed by atoms with Crippen molar-refractivity contribution in [3.05, 3.63) is 0 Å². The van der Waals surface area contributed by atoms with Crippen LogP contribution >= 0.6 is 0 Å². The first-order valence-electron chi connectivity index (χ1n) is 5.84. The van der Waals surface area contributed by atoms with Crippen molar-refractivity contribution >= 4 is 15.9 Å². The number of sulfonamides is 1. The fourth-order valence-electron chi connectivity index (χ4n) is 2.03. The van der Waals surface area contributed by atoms with E-state index in [4.69, 9.17) is 0 Å². The van der Waals surface area contributed by atoms with Gasteiger partial charge in [-0.2, -0.15) is 4.31 Å². The first-order valence-corrected chi connectivity index (χ1v) is 7.45. The standard InChI is InChI=1S/C10H18N2O3S/c1-2-16(14,15)12-7-3-4-9(12)10(13)11-8-5-6-8/h8-9H,2-7H2,1H3,(H,11,13). The number of hydrogen-bond donors (Lipinski definition) is 1. The zero-order valence-electron chi connectivity index (χ0n) is 9.48. The maximum absolute atomic E-state index is 11.9. The zero-order valence-corrected chi connectivity index (χ0v) is 10.3. The minimum absolute atomic E-state index is 0.0697. The van der Waals surface area contributed by atoms with Crippen LogP contribution in [0, 0.1) is 0 Å². The smallest absolute Gasteiger partial charge is 0.238 e. The van der Waals surface area contributed by atoms with E-state index in [0.29, 0.717) is 19.0 Å². The van der Waals surface area contributed by atoms with Crippen LogP contribution in [0.3, 0.4) is 0 Å². The Labute approximate surface area is 96.2 Å². The molecular formula is C10H18N2O3S. The zero-order chi connectivity index (χ0) is 11.8. The Morgan fingerprint density at radius 2 is 2.06 bits per heavy atom. The molecule has 0 aromatic rings. The van der Waals surface area contributed by atoms with Gasteiger partial charge in [-0.05, 0) is 32.6 Å². The van der Waals surface area contributed by atoms with Gasteiger partial charge < -0.3 is 5.32 Å². The Bertz CT molecular complexity index is 376. The van der Waals surface area contributed by atoms with Crippen molar-refractivity contribution in [2.24, 2.45) is 0 Å². The van der Waals surface area contributed by atoms with Gasteiger partial charge >= 0.3 is 0 Å². The van der Waals surface area contributed by atoms with Crippen LogP contribution in [0.15, 0.2) is 0 Å². The molecule has 1 heterocycles. The molecule has 1 aliphatic carbocycles. The average molecular weight is 246 g/mol. The summed E-state index contributed by atoms with van der Waals surface area (Å²) in [4.78, 5) is 11.9. The molecular weight excluding hydrogens is 228 g/mol. The van der Waals surface area contributed by atoms with Crippen LogP contribution in [-0.4, -0.2) is 43.0 Å². The molecule has 6 heteroatoms. The number of hydrogen-bond acceptors (Lipinski definition) is 3. The van der Waals surface area contributed by atoms with Gasteiger partial charge in [0.25, 0.3) is 0 Å². The van der Waals surface area contributed by atoms with Crippen LogP contribution in [0.5, 0.6) is 0 Å². The molecule has 16 heavy (non-hydrogen) atoms. The van der Waals surface area contributed by atoms with Crippen molar-refractivity contribution in [3.63, 3.8) is 0 Å². The Hall–Kier alpha value is -0.620. The molecule has 0 radical (unpaired) electrons. The van der Waals surface area contributed by atoms with Gasteiger partial charge in [-0.1, -0.05) is 0 Å². The highest BCUT2D eigenvalue weighted by molar-refractivity contribution is 7.89. The van der Waals surface area contributed by atoms with E-state index in [9.17, 15) is 13.2 Å². The molecule has 0 bridgehead atoms. The highest BCUT2D eigenvalue weighted by Crippen LogP contribution is 2.24. The molecule has 2 fully saturated rings. The molecule has 2 aliphatic rings. The van der Waals surface area contributed by atoms with Gasteiger partial charge in [0.15, 0.2) is 0 Å². The lowest BCUT2D eigenvalue weighted by Crippen LogP contribution is -2.46. The Balaban J connectivity index is 2.04. The van der Waals surface area contributed by atoms with Crippen LogP contribution in [0.25, 0.3) is 0 Å². The molecule has 92 valence electrons. The van der Waals surface area contributed by atoms with E-state index in [2.05, 4.69) is 5.32 Å². The normalized spacial score (nSPS) is 26.9. The highest BCUT2D eigenvalue weighted by atomic mass is 32.2. The molecule has 1 unspecified atom stereocenters. The van der Waals surface area contributed by atoms with E-state index < -0.39 is 16.1 Å². The Kier molecular flexibility index (Phi) is 3.21. The van der Waals surface area contributed by atoms with Crippen molar-refractivity contribution in [2.75, 3.05) is 12.3 Å². The third kappa shape index (κ3) is 2.38. The molecule has 1 aliphatic heterocycles. The molecule has 5 nitrogen and oxygen atoms in total. The Morgan fingerprint density at radius 3 is 2.62 bits per heavy atom. The quantitative estimate of drug-likeness (QED) is 0.764. The third-order valence-electron chi connectivity index (χ3n) is 3.15. The van der Waals surface area contributed by atoms with Crippen LogP contribution in [0.2, 0.25) is 0 Å². The molecule has 0 aromatic carbocycles. The monoisotopic (exact) mass is 246 g/mol.